The van der Waals surface area contributed by atoms with Gasteiger partial charge in [-0.25, -0.2) is 9.69 Å². The number of carbonyl (C=O) groups excluding carboxylic acids is 2. The Labute approximate surface area is 150 Å². The van der Waals surface area contributed by atoms with Crippen molar-refractivity contribution in [3.63, 3.8) is 0 Å². The van der Waals surface area contributed by atoms with Crippen LogP contribution in [0, 0.1) is 0 Å². The maximum Gasteiger partial charge on any atom is 0.417 e. The molecule has 2 rings (SSSR count). The predicted octanol–water partition coefficient (Wildman–Crippen LogP) is 4.28. The number of rotatable bonds is 5. The summed E-state index contributed by atoms with van der Waals surface area (Å²) in [6.45, 7) is 11.4. The summed E-state index contributed by atoms with van der Waals surface area (Å²) < 4.78 is 11.1. The second kappa shape index (κ2) is 7.54. The minimum atomic E-state index is -1.86. The number of imide groups is 1. The Morgan fingerprint density at radius 2 is 1.96 bits per heavy atom. The molecular weight excluding hydrogens is 334 g/mol. The average molecular weight is 362 g/mol. The third kappa shape index (κ3) is 4.58. The smallest absolute Gasteiger partial charge is 0.417 e. The van der Waals surface area contributed by atoms with Gasteiger partial charge in [-0.05, 0) is 23.7 Å². The van der Waals surface area contributed by atoms with Crippen molar-refractivity contribution >= 4 is 20.3 Å². The van der Waals surface area contributed by atoms with Gasteiger partial charge < -0.3 is 9.16 Å². The monoisotopic (exact) mass is 361 g/mol. The molecule has 0 spiro atoms. The third-order valence-corrected chi connectivity index (χ3v) is 9.40. The van der Waals surface area contributed by atoms with Gasteiger partial charge in [0.05, 0.1) is 6.61 Å². The fourth-order valence-corrected chi connectivity index (χ4v) is 3.23. The standard InChI is InChI=1S/C19H27NO4Si/c1-19(2,3)25(4,5)24-13-9-12-17(21)20-16(14-23-18(20)22)15-10-7-6-8-11-15/h6-12,16H,13-14H2,1-5H3/t16-/m1/s1. The maximum absolute atomic E-state index is 12.5. The van der Waals surface area contributed by atoms with Crippen LogP contribution in [0.5, 0.6) is 0 Å². The molecule has 5 nitrogen and oxygen atoms in total. The lowest BCUT2D eigenvalue weighted by Crippen LogP contribution is -2.40. The van der Waals surface area contributed by atoms with Crippen LogP contribution in [0.25, 0.3) is 0 Å². The molecule has 0 aromatic heterocycles. The van der Waals surface area contributed by atoms with Crippen molar-refractivity contribution in [3.8, 4) is 0 Å². The molecule has 136 valence electrons. The quantitative estimate of drug-likeness (QED) is 0.580. The van der Waals surface area contributed by atoms with E-state index in [4.69, 9.17) is 9.16 Å². The van der Waals surface area contributed by atoms with Gasteiger partial charge in [-0.1, -0.05) is 57.2 Å². The van der Waals surface area contributed by atoms with Crippen molar-refractivity contribution in [3.05, 3.63) is 48.0 Å². The van der Waals surface area contributed by atoms with Crippen molar-refractivity contribution in [1.82, 2.24) is 4.90 Å². The summed E-state index contributed by atoms with van der Waals surface area (Å²) in [6, 6.07) is 9.04. The van der Waals surface area contributed by atoms with E-state index >= 15 is 0 Å². The Bertz CT molecular complexity index is 649. The lowest BCUT2D eigenvalue weighted by atomic mass is 10.1. The van der Waals surface area contributed by atoms with Crippen LogP contribution < -0.4 is 0 Å². The lowest BCUT2D eigenvalue weighted by Gasteiger charge is -2.35. The SMILES string of the molecule is CC(C)(C)[Si](C)(C)OCC=CC(=O)N1C(=O)OC[C@@H]1c1ccccc1. The van der Waals surface area contributed by atoms with Gasteiger partial charge in [-0.15, -0.1) is 0 Å². The summed E-state index contributed by atoms with van der Waals surface area (Å²) in [5, 5.41) is 0.113. The summed E-state index contributed by atoms with van der Waals surface area (Å²) >= 11 is 0. The number of benzene rings is 1. The number of nitrogens with zero attached hydrogens (tertiary/aromatic N) is 1. The van der Waals surface area contributed by atoms with Crippen LogP contribution in [0.15, 0.2) is 42.5 Å². The van der Waals surface area contributed by atoms with Crippen LogP contribution >= 0.6 is 0 Å². The Morgan fingerprint density at radius 3 is 2.56 bits per heavy atom. The summed E-state index contributed by atoms with van der Waals surface area (Å²) in [4.78, 5) is 25.6. The minimum absolute atomic E-state index is 0.113. The summed E-state index contributed by atoms with van der Waals surface area (Å²) in [7, 11) is -1.86. The van der Waals surface area contributed by atoms with E-state index in [1.807, 2.05) is 30.3 Å². The number of carbonyl (C=O) groups is 2. The van der Waals surface area contributed by atoms with E-state index in [0.29, 0.717) is 6.61 Å². The van der Waals surface area contributed by atoms with Gasteiger partial charge in [0.2, 0.25) is 0 Å². The Hall–Kier alpha value is -1.92. The average Bonchev–Trinajstić information content (AvgIpc) is 2.93. The fourth-order valence-electron chi connectivity index (χ4n) is 2.29. The van der Waals surface area contributed by atoms with Crippen molar-refractivity contribution in [2.45, 2.75) is 44.9 Å². The van der Waals surface area contributed by atoms with Crippen LogP contribution in [0.3, 0.4) is 0 Å². The first-order chi connectivity index (χ1) is 11.6. The summed E-state index contributed by atoms with van der Waals surface area (Å²) in [5.74, 6) is -0.379. The maximum atomic E-state index is 12.5. The van der Waals surface area contributed by atoms with Gasteiger partial charge in [0.15, 0.2) is 8.32 Å². The third-order valence-electron chi connectivity index (χ3n) is 4.90. The molecule has 1 heterocycles. The van der Waals surface area contributed by atoms with Crippen molar-refractivity contribution in [2.24, 2.45) is 0 Å². The molecule has 25 heavy (non-hydrogen) atoms. The van der Waals surface area contributed by atoms with E-state index in [2.05, 4.69) is 33.9 Å². The number of ether oxygens (including phenoxy) is 1. The van der Waals surface area contributed by atoms with Crippen LogP contribution in [0.1, 0.15) is 32.4 Å². The molecule has 1 aliphatic rings. The van der Waals surface area contributed by atoms with E-state index in [0.717, 1.165) is 10.5 Å². The van der Waals surface area contributed by atoms with Crippen LogP contribution in [0.2, 0.25) is 18.1 Å². The molecule has 6 heteroatoms. The van der Waals surface area contributed by atoms with Crippen LogP contribution in [-0.2, 0) is 14.0 Å². The van der Waals surface area contributed by atoms with Gasteiger partial charge in [0.25, 0.3) is 5.91 Å². The Morgan fingerprint density at radius 1 is 1.32 bits per heavy atom. The van der Waals surface area contributed by atoms with Gasteiger partial charge in [0, 0.05) is 6.08 Å². The highest BCUT2D eigenvalue weighted by atomic mass is 28.4. The normalized spacial score (nSPS) is 18.7. The van der Waals surface area contributed by atoms with E-state index in [-0.39, 0.29) is 23.6 Å². The number of hydrogen-bond donors (Lipinski definition) is 0. The number of amides is 2. The number of hydrogen-bond acceptors (Lipinski definition) is 4. The molecule has 1 aliphatic heterocycles. The Kier molecular flexibility index (Phi) is 5.85. The summed E-state index contributed by atoms with van der Waals surface area (Å²) in [5.41, 5.74) is 0.882. The topological polar surface area (TPSA) is 55.8 Å². The first kappa shape index (κ1) is 19.4. The second-order valence-electron chi connectivity index (χ2n) is 7.69. The highest BCUT2D eigenvalue weighted by molar-refractivity contribution is 6.74. The molecule has 1 atom stereocenters. The molecule has 0 bridgehead atoms. The molecule has 0 aliphatic carbocycles. The molecule has 1 fully saturated rings. The van der Waals surface area contributed by atoms with Crippen LogP contribution in [0.4, 0.5) is 4.79 Å². The molecule has 0 saturated carbocycles. The van der Waals surface area contributed by atoms with Crippen LogP contribution in [-0.4, -0.2) is 38.4 Å². The first-order valence-electron chi connectivity index (χ1n) is 8.49. The van der Waals surface area contributed by atoms with Gasteiger partial charge in [-0.2, -0.15) is 0 Å². The Balaban J connectivity index is 2.00. The second-order valence-corrected chi connectivity index (χ2v) is 12.5. The van der Waals surface area contributed by atoms with E-state index < -0.39 is 14.4 Å². The minimum Gasteiger partial charge on any atom is -0.446 e. The highest BCUT2D eigenvalue weighted by Crippen LogP contribution is 2.36. The molecule has 0 radical (unpaired) electrons. The van der Waals surface area contributed by atoms with Gasteiger partial charge in [0.1, 0.15) is 12.6 Å². The van der Waals surface area contributed by atoms with Crippen molar-refractivity contribution in [1.29, 1.82) is 0 Å². The first-order valence-corrected chi connectivity index (χ1v) is 11.4. The molecule has 0 N–H and O–H groups in total. The van der Waals surface area contributed by atoms with Gasteiger partial charge in [-0.3, -0.25) is 4.79 Å². The van der Waals surface area contributed by atoms with Gasteiger partial charge >= 0.3 is 6.09 Å². The number of cyclic esters (lactones) is 1. The molecule has 1 aromatic rings. The zero-order valence-corrected chi connectivity index (χ0v) is 16.6. The molecule has 1 saturated heterocycles. The zero-order chi connectivity index (χ0) is 18.7. The van der Waals surface area contributed by atoms with E-state index in [1.54, 1.807) is 6.08 Å². The fraction of sp³-hybridized carbons (Fsp3) is 0.474. The molecule has 1 aromatic carbocycles. The summed E-state index contributed by atoms with van der Waals surface area (Å²) in [6.07, 6.45) is 2.47. The zero-order valence-electron chi connectivity index (χ0n) is 15.6. The largest absolute Gasteiger partial charge is 0.446 e. The lowest BCUT2D eigenvalue weighted by molar-refractivity contribution is -0.124. The highest BCUT2D eigenvalue weighted by Gasteiger charge is 2.38. The molecule has 0 unspecified atom stereocenters. The van der Waals surface area contributed by atoms with E-state index in [9.17, 15) is 9.59 Å². The van der Waals surface area contributed by atoms with Crippen molar-refractivity contribution in [2.75, 3.05) is 13.2 Å². The van der Waals surface area contributed by atoms with Crippen molar-refractivity contribution < 1.29 is 18.8 Å². The molecular formula is C19H27NO4Si. The van der Waals surface area contributed by atoms with E-state index in [1.165, 1.54) is 6.08 Å². The molecule has 2 amide bonds. The predicted molar refractivity (Wildman–Crippen MR) is 99.7 cm³/mol.